The van der Waals surface area contributed by atoms with Gasteiger partial charge in [0.05, 0.1) is 31.7 Å². The molecule has 7 heteroatoms. The number of hydrogen-bond acceptors (Lipinski definition) is 5. The monoisotopic (exact) mass is 673 g/mol. The SMILES string of the molecule is C.CCOC(=O)CC[NH+]1c2ccc(CC(=O)CCN3C(=Cc4[nH+]c5ccccc5o4)C(C)(C)c4c3ccc3ccccc43)cc2C(C)(C)C1C. The Kier molecular flexibility index (Phi) is 9.49. The van der Waals surface area contributed by atoms with Gasteiger partial charge < -0.3 is 14.1 Å². The second-order valence-corrected chi connectivity index (χ2v) is 14.7. The van der Waals surface area contributed by atoms with Crippen LogP contribution in [0.25, 0.3) is 27.9 Å². The van der Waals surface area contributed by atoms with E-state index in [2.05, 4.69) is 105 Å². The van der Waals surface area contributed by atoms with Crippen molar-refractivity contribution in [3.05, 3.63) is 107 Å². The Labute approximate surface area is 295 Å². The predicted octanol–water partition coefficient (Wildman–Crippen LogP) is 7.53. The number of para-hydroxylation sites is 2. The number of nitrogens with zero attached hydrogens (tertiary/aromatic N) is 1. The van der Waals surface area contributed by atoms with Crippen molar-refractivity contribution in [2.45, 2.75) is 85.1 Å². The third-order valence-corrected chi connectivity index (χ3v) is 11.0. The number of nitrogens with one attached hydrogen (secondary N) is 2. The van der Waals surface area contributed by atoms with Crippen LogP contribution in [0, 0.1) is 0 Å². The van der Waals surface area contributed by atoms with Gasteiger partial charge in [0.2, 0.25) is 11.1 Å². The molecule has 0 saturated carbocycles. The number of carbonyl (C=O) groups is 2. The molecular weight excluding hydrogens is 622 g/mol. The Bertz CT molecular complexity index is 2070. The molecule has 7 nitrogen and oxygen atoms in total. The highest BCUT2D eigenvalue weighted by Crippen LogP contribution is 2.51. The number of H-pyrrole nitrogens is 1. The second-order valence-electron chi connectivity index (χ2n) is 14.7. The molecule has 0 aliphatic carbocycles. The average Bonchev–Trinajstić information content (AvgIpc) is 3.65. The first-order valence-corrected chi connectivity index (χ1v) is 17.6. The van der Waals surface area contributed by atoms with Gasteiger partial charge in [-0.3, -0.25) is 14.5 Å². The van der Waals surface area contributed by atoms with Gasteiger partial charge in [-0.1, -0.05) is 69.8 Å². The van der Waals surface area contributed by atoms with Gasteiger partial charge in [-0.15, -0.1) is 0 Å². The molecule has 7 rings (SSSR count). The van der Waals surface area contributed by atoms with Crippen molar-refractivity contribution in [2.75, 3.05) is 24.6 Å². The van der Waals surface area contributed by atoms with Crippen molar-refractivity contribution in [1.82, 2.24) is 0 Å². The van der Waals surface area contributed by atoms with Crippen molar-refractivity contribution >= 4 is 51.1 Å². The summed E-state index contributed by atoms with van der Waals surface area (Å²) in [5, 5.41) is 2.43. The van der Waals surface area contributed by atoms with Crippen molar-refractivity contribution in [3.8, 4) is 0 Å². The van der Waals surface area contributed by atoms with Crippen LogP contribution < -0.4 is 14.8 Å². The molecule has 0 radical (unpaired) electrons. The number of hydrogen-bond donors (Lipinski definition) is 1. The minimum atomic E-state index is -0.324. The number of ether oxygens (including phenoxy) is 1. The van der Waals surface area contributed by atoms with Gasteiger partial charge in [0, 0.05) is 53.2 Å². The first kappa shape index (κ1) is 35.1. The van der Waals surface area contributed by atoms with Crippen LogP contribution in [0.15, 0.2) is 89.0 Å². The fourth-order valence-electron chi connectivity index (χ4n) is 8.15. The number of rotatable bonds is 10. The maximum atomic E-state index is 13.7. The number of anilines is 1. The normalized spacial score (nSPS) is 19.4. The zero-order valence-corrected chi connectivity index (χ0v) is 29.5. The van der Waals surface area contributed by atoms with E-state index in [1.165, 1.54) is 32.5 Å². The van der Waals surface area contributed by atoms with E-state index in [0.717, 1.165) is 28.0 Å². The predicted molar refractivity (Wildman–Crippen MR) is 201 cm³/mol. The minimum Gasteiger partial charge on any atom is -0.466 e. The van der Waals surface area contributed by atoms with Crippen LogP contribution in [-0.2, 0) is 31.6 Å². The lowest BCUT2D eigenvalue weighted by Crippen LogP contribution is -3.10. The highest BCUT2D eigenvalue weighted by Gasteiger charge is 2.47. The quantitative estimate of drug-likeness (QED) is 0.155. The summed E-state index contributed by atoms with van der Waals surface area (Å²) in [5.74, 6) is 0.740. The van der Waals surface area contributed by atoms with Crippen molar-refractivity contribution in [1.29, 1.82) is 0 Å². The summed E-state index contributed by atoms with van der Waals surface area (Å²) in [6, 6.07) is 27.7. The first-order chi connectivity index (χ1) is 23.5. The maximum absolute atomic E-state index is 13.7. The summed E-state index contributed by atoms with van der Waals surface area (Å²) in [5.41, 5.74) is 8.38. The van der Waals surface area contributed by atoms with E-state index in [-0.39, 0.29) is 30.0 Å². The molecule has 0 amide bonds. The number of fused-ring (bicyclic) bond motifs is 5. The number of ketones is 1. The molecular formula is C43H51N3O4+2. The van der Waals surface area contributed by atoms with Crippen LogP contribution in [0.2, 0.25) is 0 Å². The van der Waals surface area contributed by atoms with Crippen LogP contribution in [-0.4, -0.2) is 37.5 Å². The minimum absolute atomic E-state index is 0. The van der Waals surface area contributed by atoms with E-state index in [4.69, 9.17) is 9.15 Å². The molecule has 2 aliphatic rings. The first-order valence-electron chi connectivity index (χ1n) is 17.6. The molecule has 4 aromatic carbocycles. The molecule has 0 fully saturated rings. The molecule has 0 bridgehead atoms. The fourth-order valence-corrected chi connectivity index (χ4v) is 8.15. The molecule has 2 N–H and O–H groups in total. The van der Waals surface area contributed by atoms with Gasteiger partial charge in [-0.2, -0.15) is 4.98 Å². The number of Topliss-reactive ketones (excluding diaryl/α,β-unsaturated/α-hetero) is 1. The summed E-state index contributed by atoms with van der Waals surface area (Å²) in [4.78, 5) is 32.9. The Balaban J connectivity index is 0.00000432. The topological polar surface area (TPSA) is 78.3 Å². The maximum Gasteiger partial charge on any atom is 0.374 e. The lowest BCUT2D eigenvalue weighted by atomic mass is 9.80. The Morgan fingerprint density at radius 1 is 0.980 bits per heavy atom. The van der Waals surface area contributed by atoms with Gasteiger partial charge in [0.15, 0.2) is 0 Å². The average molecular weight is 674 g/mol. The highest BCUT2D eigenvalue weighted by atomic mass is 16.5. The van der Waals surface area contributed by atoms with Gasteiger partial charge in [-0.25, -0.2) is 0 Å². The summed E-state index contributed by atoms with van der Waals surface area (Å²) < 4.78 is 11.4. The molecule has 2 atom stereocenters. The summed E-state index contributed by atoms with van der Waals surface area (Å²) in [6.07, 6.45) is 3.30. The lowest BCUT2D eigenvalue weighted by Gasteiger charge is -2.26. The number of oxazole rings is 1. The highest BCUT2D eigenvalue weighted by molar-refractivity contribution is 5.96. The summed E-state index contributed by atoms with van der Waals surface area (Å²) >= 11 is 0. The molecule has 2 aliphatic heterocycles. The van der Waals surface area contributed by atoms with Crippen molar-refractivity contribution in [3.63, 3.8) is 0 Å². The van der Waals surface area contributed by atoms with E-state index in [1.54, 1.807) is 0 Å². The number of aromatic nitrogens is 1. The molecule has 0 spiro atoms. The van der Waals surface area contributed by atoms with E-state index < -0.39 is 0 Å². The third-order valence-electron chi connectivity index (χ3n) is 11.0. The zero-order chi connectivity index (χ0) is 34.5. The fraction of sp³-hybridized carbons (Fsp3) is 0.372. The van der Waals surface area contributed by atoms with Crippen LogP contribution in [0.1, 0.15) is 84.4 Å². The summed E-state index contributed by atoms with van der Waals surface area (Å²) in [7, 11) is 0. The molecule has 0 saturated heterocycles. The number of carbonyl (C=O) groups excluding carboxylic acids is 2. The Morgan fingerprint density at radius 2 is 1.74 bits per heavy atom. The third kappa shape index (κ3) is 6.13. The molecule has 5 aromatic rings. The van der Waals surface area contributed by atoms with Gasteiger partial charge in [-0.05, 0) is 73.9 Å². The molecule has 3 heterocycles. The van der Waals surface area contributed by atoms with E-state index in [1.807, 2.05) is 31.2 Å². The van der Waals surface area contributed by atoms with Gasteiger partial charge >= 0.3 is 11.9 Å². The Morgan fingerprint density at radius 3 is 2.52 bits per heavy atom. The summed E-state index contributed by atoms with van der Waals surface area (Å²) in [6.45, 7) is 14.8. The molecule has 50 heavy (non-hydrogen) atoms. The Hall–Kier alpha value is -4.75. The number of allylic oxidation sites excluding steroid dienone is 1. The smallest absolute Gasteiger partial charge is 0.374 e. The van der Waals surface area contributed by atoms with E-state index in [0.29, 0.717) is 50.9 Å². The van der Waals surface area contributed by atoms with Gasteiger partial charge in [0.1, 0.15) is 11.5 Å². The lowest BCUT2D eigenvalue weighted by molar-refractivity contribution is -0.855. The number of quaternary nitrogens is 1. The van der Waals surface area contributed by atoms with Crippen molar-refractivity contribution < 1.29 is 28.6 Å². The van der Waals surface area contributed by atoms with Crippen LogP contribution >= 0.6 is 0 Å². The molecule has 2 unspecified atom stereocenters. The standard InChI is InChI=1S/C42H45N3O4.CH4/c1-7-48-39(47)21-23-44-27(2)41(3,4)32-25-28(16-18-34(32)44)24-30(46)20-22-45-35-19-17-29-12-8-9-13-31(29)40(35)42(5,6)37(45)26-38-43-33-14-10-11-15-36(33)49-38;/h8-19,25-27H,7,20-24H2,1-6H3;1H4/p+2. The number of esters is 1. The number of benzene rings is 4. The number of aromatic amines is 1. The van der Waals surface area contributed by atoms with E-state index >= 15 is 0 Å². The second kappa shape index (κ2) is 13.5. The molecule has 260 valence electrons. The van der Waals surface area contributed by atoms with Crippen molar-refractivity contribution in [2.24, 2.45) is 0 Å². The largest absolute Gasteiger partial charge is 0.466 e. The van der Waals surface area contributed by atoms with Gasteiger partial charge in [0.25, 0.3) is 0 Å². The van der Waals surface area contributed by atoms with Crippen LogP contribution in [0.3, 0.4) is 0 Å². The van der Waals surface area contributed by atoms with Crippen LogP contribution in [0.4, 0.5) is 11.4 Å². The molecule has 1 aromatic heterocycles. The van der Waals surface area contributed by atoms with Crippen LogP contribution in [0.5, 0.6) is 0 Å². The zero-order valence-electron chi connectivity index (χ0n) is 29.5. The van der Waals surface area contributed by atoms with E-state index in [9.17, 15) is 9.59 Å².